The van der Waals surface area contributed by atoms with Gasteiger partial charge >= 0.3 is 0 Å². The molecule has 1 unspecified atom stereocenters. The van der Waals surface area contributed by atoms with Crippen molar-refractivity contribution in [3.05, 3.63) is 29.8 Å². The van der Waals surface area contributed by atoms with Crippen LogP contribution in [0, 0.1) is 5.92 Å². The molecule has 0 saturated carbocycles. The molecular formula is C19H33N3O2. The van der Waals surface area contributed by atoms with Crippen LogP contribution in [0.1, 0.15) is 39.2 Å². The molecule has 0 aliphatic heterocycles. The number of ether oxygens (including phenoxy) is 1. The lowest BCUT2D eigenvalue weighted by atomic mass is 10.0. The minimum absolute atomic E-state index is 0.287. The van der Waals surface area contributed by atoms with Crippen molar-refractivity contribution in [3.63, 3.8) is 0 Å². The molecule has 1 aromatic rings. The molecule has 0 aliphatic carbocycles. The first-order valence-corrected chi connectivity index (χ1v) is 8.90. The summed E-state index contributed by atoms with van der Waals surface area (Å²) >= 11 is 0. The molecule has 0 aliphatic rings. The number of aromatic hydroxyl groups is 1. The highest BCUT2D eigenvalue weighted by atomic mass is 16.5. The quantitative estimate of drug-likeness (QED) is 0.349. The molecule has 0 radical (unpaired) electrons. The van der Waals surface area contributed by atoms with E-state index in [4.69, 9.17) is 4.74 Å². The zero-order valence-electron chi connectivity index (χ0n) is 15.5. The van der Waals surface area contributed by atoms with E-state index in [0.29, 0.717) is 11.7 Å². The Labute approximate surface area is 146 Å². The summed E-state index contributed by atoms with van der Waals surface area (Å²) in [7, 11) is 1.79. The molecule has 0 aromatic heterocycles. The Kier molecular flexibility index (Phi) is 9.92. The van der Waals surface area contributed by atoms with Gasteiger partial charge in [-0.25, -0.2) is 0 Å². The van der Waals surface area contributed by atoms with Crippen LogP contribution in [-0.4, -0.2) is 43.9 Å². The lowest BCUT2D eigenvalue weighted by Gasteiger charge is -2.21. The Morgan fingerprint density at radius 1 is 1.17 bits per heavy atom. The minimum atomic E-state index is 0.287. The van der Waals surface area contributed by atoms with E-state index in [0.717, 1.165) is 44.9 Å². The van der Waals surface area contributed by atoms with E-state index >= 15 is 0 Å². The average Bonchev–Trinajstić information content (AvgIpc) is 2.57. The van der Waals surface area contributed by atoms with E-state index in [1.165, 1.54) is 5.56 Å². The number of phenols is 1. The highest BCUT2D eigenvalue weighted by Gasteiger charge is 2.12. The summed E-state index contributed by atoms with van der Waals surface area (Å²) in [5.41, 5.74) is 1.23. The predicted molar refractivity (Wildman–Crippen MR) is 101 cm³/mol. The third-order valence-electron chi connectivity index (χ3n) is 3.94. The van der Waals surface area contributed by atoms with Crippen molar-refractivity contribution in [3.8, 4) is 5.75 Å². The Morgan fingerprint density at radius 2 is 1.83 bits per heavy atom. The number of nitrogens with one attached hydrogen (secondary N) is 2. The second-order valence-corrected chi connectivity index (χ2v) is 6.22. The van der Waals surface area contributed by atoms with Crippen LogP contribution < -0.4 is 10.6 Å². The summed E-state index contributed by atoms with van der Waals surface area (Å²) in [6.45, 7) is 8.89. The third-order valence-corrected chi connectivity index (χ3v) is 3.94. The van der Waals surface area contributed by atoms with Crippen LogP contribution in [0.2, 0.25) is 0 Å². The number of hydrogen-bond donors (Lipinski definition) is 3. The van der Waals surface area contributed by atoms with Gasteiger partial charge in [-0.15, -0.1) is 0 Å². The Balaban J connectivity index is 2.21. The number of aryl methyl sites for hydroxylation is 1. The van der Waals surface area contributed by atoms with Crippen molar-refractivity contribution in [2.45, 2.75) is 46.1 Å². The van der Waals surface area contributed by atoms with Gasteiger partial charge in [-0.05, 0) is 49.8 Å². The molecule has 136 valence electrons. The SMILES string of the molecule is CCOC(CCNC(=NC)NCCCc1ccc(O)cc1)C(C)C. The molecule has 5 nitrogen and oxygen atoms in total. The zero-order chi connectivity index (χ0) is 17.8. The van der Waals surface area contributed by atoms with Gasteiger partial charge in [-0.1, -0.05) is 26.0 Å². The van der Waals surface area contributed by atoms with Crippen molar-refractivity contribution >= 4 is 5.96 Å². The minimum Gasteiger partial charge on any atom is -0.508 e. The summed E-state index contributed by atoms with van der Waals surface area (Å²) in [4.78, 5) is 4.25. The topological polar surface area (TPSA) is 65.9 Å². The van der Waals surface area contributed by atoms with Crippen molar-refractivity contribution in [1.29, 1.82) is 0 Å². The standard InChI is InChI=1S/C19H33N3O2/c1-5-24-18(15(2)3)12-14-22-19(20-4)21-13-6-7-16-8-10-17(23)11-9-16/h8-11,15,18,23H,5-7,12-14H2,1-4H3,(H2,20,21,22). The Bertz CT molecular complexity index is 472. The van der Waals surface area contributed by atoms with Crippen LogP contribution in [0.25, 0.3) is 0 Å². The van der Waals surface area contributed by atoms with Crippen LogP contribution in [0.5, 0.6) is 5.75 Å². The Morgan fingerprint density at radius 3 is 2.42 bits per heavy atom. The molecule has 1 aromatic carbocycles. The van der Waals surface area contributed by atoms with Gasteiger partial charge in [0.2, 0.25) is 0 Å². The van der Waals surface area contributed by atoms with Crippen LogP contribution in [0.4, 0.5) is 0 Å². The molecule has 1 rings (SSSR count). The first-order chi connectivity index (χ1) is 11.6. The fourth-order valence-corrected chi connectivity index (χ4v) is 2.54. The normalized spacial score (nSPS) is 13.1. The van der Waals surface area contributed by atoms with Crippen molar-refractivity contribution < 1.29 is 9.84 Å². The Hall–Kier alpha value is -1.75. The molecule has 0 saturated heterocycles. The molecule has 0 bridgehead atoms. The van der Waals surface area contributed by atoms with E-state index < -0.39 is 0 Å². The summed E-state index contributed by atoms with van der Waals surface area (Å²) in [6.07, 6.45) is 3.25. The smallest absolute Gasteiger partial charge is 0.190 e. The number of nitrogens with zero attached hydrogens (tertiary/aromatic N) is 1. The van der Waals surface area contributed by atoms with E-state index in [9.17, 15) is 5.11 Å². The van der Waals surface area contributed by atoms with Gasteiger partial charge < -0.3 is 20.5 Å². The average molecular weight is 335 g/mol. The van der Waals surface area contributed by atoms with Crippen LogP contribution in [-0.2, 0) is 11.2 Å². The molecule has 0 amide bonds. The number of hydrogen-bond acceptors (Lipinski definition) is 3. The first kappa shape index (κ1) is 20.3. The number of benzene rings is 1. The fraction of sp³-hybridized carbons (Fsp3) is 0.632. The van der Waals surface area contributed by atoms with Crippen molar-refractivity contribution in [2.75, 3.05) is 26.7 Å². The van der Waals surface area contributed by atoms with Crippen LogP contribution in [0.15, 0.2) is 29.3 Å². The molecule has 0 fully saturated rings. The summed E-state index contributed by atoms with van der Waals surface area (Å²) in [5.74, 6) is 1.67. The van der Waals surface area contributed by atoms with Gasteiger partial charge in [0.15, 0.2) is 5.96 Å². The monoisotopic (exact) mass is 335 g/mol. The van der Waals surface area contributed by atoms with Gasteiger partial charge in [0.25, 0.3) is 0 Å². The number of aliphatic imine (C=N–C) groups is 1. The zero-order valence-corrected chi connectivity index (χ0v) is 15.5. The second kappa shape index (κ2) is 11.7. The van der Waals surface area contributed by atoms with Crippen LogP contribution >= 0.6 is 0 Å². The van der Waals surface area contributed by atoms with Gasteiger partial charge in [0.1, 0.15) is 5.75 Å². The summed E-state index contributed by atoms with van der Waals surface area (Å²) in [6, 6.07) is 7.38. The van der Waals surface area contributed by atoms with Gasteiger partial charge in [-0.2, -0.15) is 0 Å². The second-order valence-electron chi connectivity index (χ2n) is 6.22. The number of rotatable bonds is 10. The molecule has 3 N–H and O–H groups in total. The number of phenolic OH excluding ortho intramolecular Hbond substituents is 1. The highest BCUT2D eigenvalue weighted by molar-refractivity contribution is 5.79. The van der Waals surface area contributed by atoms with E-state index in [2.05, 4.69) is 29.5 Å². The molecule has 24 heavy (non-hydrogen) atoms. The maximum Gasteiger partial charge on any atom is 0.190 e. The summed E-state index contributed by atoms with van der Waals surface area (Å²) in [5, 5.41) is 16.0. The van der Waals surface area contributed by atoms with Crippen LogP contribution in [0.3, 0.4) is 0 Å². The van der Waals surface area contributed by atoms with E-state index in [1.54, 1.807) is 19.2 Å². The van der Waals surface area contributed by atoms with E-state index in [-0.39, 0.29) is 6.10 Å². The lowest BCUT2D eigenvalue weighted by molar-refractivity contribution is 0.0258. The van der Waals surface area contributed by atoms with Gasteiger partial charge in [-0.3, -0.25) is 4.99 Å². The molecule has 5 heteroatoms. The van der Waals surface area contributed by atoms with Gasteiger partial charge in [0, 0.05) is 26.7 Å². The van der Waals surface area contributed by atoms with Crippen molar-refractivity contribution in [1.82, 2.24) is 10.6 Å². The number of guanidine groups is 1. The molecule has 1 atom stereocenters. The first-order valence-electron chi connectivity index (χ1n) is 8.90. The maximum absolute atomic E-state index is 9.28. The third kappa shape index (κ3) is 8.20. The fourth-order valence-electron chi connectivity index (χ4n) is 2.54. The van der Waals surface area contributed by atoms with Crippen molar-refractivity contribution in [2.24, 2.45) is 10.9 Å². The highest BCUT2D eigenvalue weighted by Crippen LogP contribution is 2.11. The molecule has 0 spiro atoms. The molecular weight excluding hydrogens is 302 g/mol. The maximum atomic E-state index is 9.28. The largest absolute Gasteiger partial charge is 0.508 e. The van der Waals surface area contributed by atoms with E-state index in [1.807, 2.05) is 19.1 Å². The predicted octanol–water partition coefficient (Wildman–Crippen LogP) is 2.94. The summed E-state index contributed by atoms with van der Waals surface area (Å²) < 4.78 is 5.76. The lowest BCUT2D eigenvalue weighted by Crippen LogP contribution is -2.39. The molecule has 0 heterocycles. The van der Waals surface area contributed by atoms with Gasteiger partial charge in [0.05, 0.1) is 6.10 Å².